The summed E-state index contributed by atoms with van der Waals surface area (Å²) in [4.78, 5) is 46.0. The predicted octanol–water partition coefficient (Wildman–Crippen LogP) is 3.23. The van der Waals surface area contributed by atoms with E-state index in [9.17, 15) is 14.4 Å². The van der Waals surface area contributed by atoms with Gasteiger partial charge < -0.3 is 19.5 Å². The lowest BCUT2D eigenvalue weighted by Crippen LogP contribution is -2.41. The van der Waals surface area contributed by atoms with Gasteiger partial charge in [-0.05, 0) is 50.6 Å². The highest BCUT2D eigenvalue weighted by molar-refractivity contribution is 7.07. The van der Waals surface area contributed by atoms with E-state index in [1.165, 1.54) is 11.7 Å². The van der Waals surface area contributed by atoms with Crippen LogP contribution in [0.25, 0.3) is 5.57 Å². The first kappa shape index (κ1) is 26.4. The number of amides is 1. The van der Waals surface area contributed by atoms with E-state index in [0.717, 1.165) is 23.3 Å². The summed E-state index contributed by atoms with van der Waals surface area (Å²) in [6, 6.07) is 9.95. The van der Waals surface area contributed by atoms with E-state index in [4.69, 9.17) is 19.2 Å². The minimum absolute atomic E-state index is 0.161. The van der Waals surface area contributed by atoms with Crippen molar-refractivity contribution in [1.29, 1.82) is 0 Å². The Balaban J connectivity index is 1.89. The monoisotopic (exact) mass is 547 g/mol. The van der Waals surface area contributed by atoms with Crippen molar-refractivity contribution < 1.29 is 23.8 Å². The summed E-state index contributed by atoms with van der Waals surface area (Å²) < 4.78 is 18.3. The molecule has 3 heterocycles. The fourth-order valence-corrected chi connectivity index (χ4v) is 6.14. The van der Waals surface area contributed by atoms with Gasteiger partial charge in [0.15, 0.2) is 4.80 Å². The number of aromatic nitrogens is 1. The summed E-state index contributed by atoms with van der Waals surface area (Å²) in [7, 11) is 3.07. The summed E-state index contributed by atoms with van der Waals surface area (Å²) in [6.45, 7) is 5.81. The Morgan fingerprint density at radius 3 is 2.59 bits per heavy atom. The van der Waals surface area contributed by atoms with Crippen molar-refractivity contribution in [1.82, 2.24) is 4.57 Å². The van der Waals surface area contributed by atoms with Gasteiger partial charge in [0.05, 0.1) is 37.7 Å². The number of aryl methyl sites for hydroxylation is 1. The largest absolute Gasteiger partial charge is 0.497 e. The molecule has 5 rings (SSSR count). The first-order valence-corrected chi connectivity index (χ1v) is 13.5. The van der Waals surface area contributed by atoms with Gasteiger partial charge in [-0.1, -0.05) is 36.3 Å². The molecule has 1 amide bonds. The normalized spacial score (nSPS) is 17.3. The maximum Gasteiger partial charge on any atom is 0.338 e. The van der Waals surface area contributed by atoms with Gasteiger partial charge in [-0.15, -0.1) is 0 Å². The van der Waals surface area contributed by atoms with Gasteiger partial charge in [0, 0.05) is 16.8 Å². The Morgan fingerprint density at radius 1 is 1.10 bits per heavy atom. The van der Waals surface area contributed by atoms with E-state index in [2.05, 4.69) is 5.32 Å². The van der Waals surface area contributed by atoms with Gasteiger partial charge in [0.25, 0.3) is 11.5 Å². The van der Waals surface area contributed by atoms with Crippen molar-refractivity contribution in [2.24, 2.45) is 4.99 Å². The van der Waals surface area contributed by atoms with Gasteiger partial charge in [0.1, 0.15) is 22.1 Å². The molecule has 0 saturated carbocycles. The molecule has 0 unspecified atom stereocenters. The molecule has 0 saturated heterocycles. The van der Waals surface area contributed by atoms with Gasteiger partial charge in [0.2, 0.25) is 0 Å². The average molecular weight is 548 g/mol. The van der Waals surface area contributed by atoms with Crippen LogP contribution in [0, 0.1) is 6.92 Å². The first-order chi connectivity index (χ1) is 18.8. The molecule has 1 N–H and O–H groups in total. The van der Waals surface area contributed by atoms with Crippen LogP contribution in [0.15, 0.2) is 57.5 Å². The van der Waals surface area contributed by atoms with E-state index in [1.807, 2.05) is 32.0 Å². The number of hydrogen-bond acceptors (Lipinski definition) is 8. The summed E-state index contributed by atoms with van der Waals surface area (Å²) in [5, 5.41) is 2.86. The molecule has 0 bridgehead atoms. The number of carbonyl (C=O) groups is 2. The van der Waals surface area contributed by atoms with Crippen LogP contribution in [0.4, 0.5) is 5.69 Å². The lowest BCUT2D eigenvalue weighted by Gasteiger charge is -2.27. The number of anilines is 1. The highest BCUT2D eigenvalue weighted by Crippen LogP contribution is 2.39. The smallest absolute Gasteiger partial charge is 0.338 e. The lowest BCUT2D eigenvalue weighted by atomic mass is 9.93. The number of nitrogens with one attached hydrogen (secondary N) is 1. The Morgan fingerprint density at radius 2 is 1.90 bits per heavy atom. The third kappa shape index (κ3) is 4.44. The molecule has 0 fully saturated rings. The predicted molar refractivity (Wildman–Crippen MR) is 148 cm³/mol. The van der Waals surface area contributed by atoms with Gasteiger partial charge in [-0.3, -0.25) is 14.2 Å². The number of fused-ring (bicyclic) bond motifs is 2. The quantitative estimate of drug-likeness (QED) is 0.455. The van der Waals surface area contributed by atoms with Crippen LogP contribution in [-0.2, 0) is 14.3 Å². The molecule has 39 heavy (non-hydrogen) atoms. The van der Waals surface area contributed by atoms with Crippen LogP contribution in [0.5, 0.6) is 11.5 Å². The fourth-order valence-electron chi connectivity index (χ4n) is 5.03. The molecule has 3 aromatic rings. The standard InChI is InChI=1S/C29H29N3O6S/c1-6-8-20-23(28(35)38-7-2)24(18-14-16(36-4)10-12-21(18)37-5)32-27(34)25(39-29(32)31-20)22-17-13-15(3)9-11-19(17)30-26(22)33/h9-14,24H,6-8H2,1-5H3,(H,30,33)/b25-22+/t24-/m1/s1. The van der Waals surface area contributed by atoms with Crippen LogP contribution < -0.4 is 29.7 Å². The van der Waals surface area contributed by atoms with E-state index in [1.54, 1.807) is 32.2 Å². The fraction of sp³-hybridized carbons (Fsp3) is 0.310. The Kier molecular flexibility index (Phi) is 7.14. The second kappa shape index (κ2) is 10.5. The molecule has 0 radical (unpaired) electrons. The molecule has 2 aromatic carbocycles. The van der Waals surface area contributed by atoms with Crippen LogP contribution in [0.3, 0.4) is 0 Å². The summed E-state index contributed by atoms with van der Waals surface area (Å²) in [6.07, 6.45) is 1.22. The Hall–Kier alpha value is -4.18. The van der Waals surface area contributed by atoms with Gasteiger partial charge in [-0.2, -0.15) is 0 Å². The molecule has 10 heteroatoms. The molecule has 0 aliphatic carbocycles. The Labute approximate surface area is 229 Å². The number of methoxy groups -OCH3 is 2. The number of carbonyl (C=O) groups excluding carboxylic acids is 2. The molecular formula is C29H29N3O6S. The number of esters is 1. The summed E-state index contributed by atoms with van der Waals surface area (Å²) in [5.74, 6) is 0.0950. The summed E-state index contributed by atoms with van der Waals surface area (Å²) >= 11 is 1.14. The van der Waals surface area contributed by atoms with Crippen molar-refractivity contribution in [3.63, 3.8) is 0 Å². The van der Waals surface area contributed by atoms with Crippen LogP contribution >= 0.6 is 11.3 Å². The molecule has 1 atom stereocenters. The number of allylic oxidation sites excluding steroid dienone is 1. The SMILES string of the molecule is CCCC1=C(C(=O)OCC)[C@@H](c2cc(OC)ccc2OC)n2c(s/c(=C3/C(=O)Nc4ccc(C)cc43)c2=O)=N1. The first-order valence-electron chi connectivity index (χ1n) is 12.7. The molecule has 2 aliphatic heterocycles. The van der Waals surface area contributed by atoms with Crippen LogP contribution in [0.1, 0.15) is 49.4 Å². The zero-order valence-corrected chi connectivity index (χ0v) is 23.2. The van der Waals surface area contributed by atoms with Crippen molar-refractivity contribution in [2.45, 2.75) is 39.7 Å². The van der Waals surface area contributed by atoms with Crippen molar-refractivity contribution in [3.05, 3.63) is 84.0 Å². The van der Waals surface area contributed by atoms with E-state index in [0.29, 0.717) is 50.8 Å². The maximum absolute atomic E-state index is 14.2. The van der Waals surface area contributed by atoms with Crippen molar-refractivity contribution in [3.8, 4) is 11.5 Å². The highest BCUT2D eigenvalue weighted by atomic mass is 32.1. The second-order valence-corrected chi connectivity index (χ2v) is 10.2. The maximum atomic E-state index is 14.2. The van der Waals surface area contributed by atoms with E-state index >= 15 is 0 Å². The molecule has 202 valence electrons. The average Bonchev–Trinajstić information content (AvgIpc) is 3.42. The molecule has 1 aromatic heterocycles. The van der Waals surface area contributed by atoms with E-state index < -0.39 is 17.6 Å². The molecular weight excluding hydrogens is 518 g/mol. The number of thiazole rings is 1. The minimum atomic E-state index is -0.900. The summed E-state index contributed by atoms with van der Waals surface area (Å²) in [5.41, 5.74) is 3.50. The van der Waals surface area contributed by atoms with Crippen molar-refractivity contribution >= 4 is 34.5 Å². The number of benzene rings is 2. The lowest BCUT2D eigenvalue weighted by molar-refractivity contribution is -0.139. The third-order valence-corrected chi connectivity index (χ3v) is 7.80. The number of nitrogens with zero attached hydrogens (tertiary/aromatic N) is 2. The molecule has 2 aliphatic rings. The third-order valence-electron chi connectivity index (χ3n) is 6.75. The highest BCUT2D eigenvalue weighted by Gasteiger charge is 2.37. The zero-order chi connectivity index (χ0) is 27.8. The number of hydrogen-bond donors (Lipinski definition) is 1. The number of rotatable bonds is 7. The van der Waals surface area contributed by atoms with Gasteiger partial charge in [-0.25, -0.2) is 9.79 Å². The topological polar surface area (TPSA) is 108 Å². The minimum Gasteiger partial charge on any atom is -0.497 e. The van der Waals surface area contributed by atoms with Crippen LogP contribution in [-0.4, -0.2) is 37.3 Å². The second-order valence-electron chi connectivity index (χ2n) is 9.22. The molecule has 0 spiro atoms. The zero-order valence-electron chi connectivity index (χ0n) is 22.4. The van der Waals surface area contributed by atoms with Crippen LogP contribution in [0.2, 0.25) is 0 Å². The van der Waals surface area contributed by atoms with Crippen molar-refractivity contribution in [2.75, 3.05) is 26.1 Å². The van der Waals surface area contributed by atoms with Gasteiger partial charge >= 0.3 is 5.97 Å². The Bertz CT molecular complexity index is 1720. The molecule has 9 nitrogen and oxygen atoms in total. The van der Waals surface area contributed by atoms with E-state index in [-0.39, 0.29) is 22.6 Å². The number of ether oxygens (including phenoxy) is 3.